The Morgan fingerprint density at radius 1 is 1.50 bits per heavy atom. The molecule has 3 fully saturated rings. The van der Waals surface area contributed by atoms with E-state index in [2.05, 4.69) is 10.6 Å². The van der Waals surface area contributed by atoms with Crippen LogP contribution in [0.5, 0.6) is 0 Å². The van der Waals surface area contributed by atoms with Crippen molar-refractivity contribution in [2.24, 2.45) is 5.41 Å². The molecule has 0 radical (unpaired) electrons. The van der Waals surface area contributed by atoms with Crippen LogP contribution in [0.1, 0.15) is 19.3 Å². The van der Waals surface area contributed by atoms with Gasteiger partial charge >= 0.3 is 6.09 Å². The van der Waals surface area contributed by atoms with Gasteiger partial charge in [0.15, 0.2) is 0 Å². The van der Waals surface area contributed by atoms with Crippen LogP contribution in [-0.2, 0) is 0 Å². The molecule has 0 aromatic carbocycles. The van der Waals surface area contributed by atoms with E-state index in [9.17, 15) is 4.79 Å². The van der Waals surface area contributed by atoms with E-state index in [1.165, 1.54) is 0 Å². The Hall–Kier alpha value is -0.770. The molecule has 3 rings (SSSR count). The van der Waals surface area contributed by atoms with E-state index >= 15 is 0 Å². The first-order valence-electron chi connectivity index (χ1n) is 4.26. The summed E-state index contributed by atoms with van der Waals surface area (Å²) in [5.41, 5.74) is 0.389. The number of nitrogens with one attached hydrogen (secondary N) is 2. The highest BCUT2D eigenvalue weighted by molar-refractivity contribution is 5.66. The van der Waals surface area contributed by atoms with Crippen molar-refractivity contribution in [2.45, 2.75) is 24.8 Å². The third-order valence-corrected chi connectivity index (χ3v) is 3.06. The van der Waals surface area contributed by atoms with Gasteiger partial charge in [-0.05, 0) is 31.7 Å². The van der Waals surface area contributed by atoms with Crippen LogP contribution >= 0.6 is 0 Å². The maximum absolute atomic E-state index is 10.4. The molecule has 3 saturated carbocycles. The van der Waals surface area contributed by atoms with Crippen molar-refractivity contribution in [1.82, 2.24) is 10.6 Å². The first-order chi connectivity index (χ1) is 5.60. The largest absolute Gasteiger partial charge is 0.465 e. The van der Waals surface area contributed by atoms with Crippen molar-refractivity contribution < 1.29 is 9.90 Å². The van der Waals surface area contributed by atoms with E-state index in [0.717, 1.165) is 25.8 Å². The van der Waals surface area contributed by atoms with Crippen molar-refractivity contribution >= 4 is 6.09 Å². The van der Waals surface area contributed by atoms with Crippen LogP contribution in [-0.4, -0.2) is 30.3 Å². The minimum Gasteiger partial charge on any atom is -0.465 e. The molecular formula is C8H14N2O2. The molecule has 0 aromatic rings. The third-order valence-electron chi connectivity index (χ3n) is 3.06. The highest BCUT2D eigenvalue weighted by atomic mass is 16.4. The summed E-state index contributed by atoms with van der Waals surface area (Å²) >= 11 is 0. The first kappa shape index (κ1) is 7.86. The molecule has 3 aliphatic carbocycles. The van der Waals surface area contributed by atoms with Crippen LogP contribution in [0.4, 0.5) is 4.79 Å². The summed E-state index contributed by atoms with van der Waals surface area (Å²) in [6, 6.07) is 0. The van der Waals surface area contributed by atoms with Crippen LogP contribution in [0, 0.1) is 5.41 Å². The summed E-state index contributed by atoms with van der Waals surface area (Å²) in [5.74, 6) is 0. The molecule has 0 saturated heterocycles. The lowest BCUT2D eigenvalue weighted by Crippen LogP contribution is -2.76. The molecule has 3 N–H and O–H groups in total. The molecule has 0 unspecified atom stereocenters. The van der Waals surface area contributed by atoms with Crippen molar-refractivity contribution in [3.63, 3.8) is 0 Å². The minimum absolute atomic E-state index is 0.0390. The molecule has 0 spiro atoms. The number of carboxylic acid groups (broad SMARTS) is 1. The zero-order valence-corrected chi connectivity index (χ0v) is 7.18. The average molecular weight is 170 g/mol. The molecule has 0 aliphatic heterocycles. The molecule has 68 valence electrons. The van der Waals surface area contributed by atoms with Gasteiger partial charge in [-0.1, -0.05) is 0 Å². The molecule has 3 aliphatic rings. The van der Waals surface area contributed by atoms with E-state index < -0.39 is 6.09 Å². The Bertz CT molecular complexity index is 207. The van der Waals surface area contributed by atoms with Crippen molar-refractivity contribution in [3.05, 3.63) is 0 Å². The van der Waals surface area contributed by atoms with Crippen LogP contribution in [0.15, 0.2) is 0 Å². The molecular weight excluding hydrogens is 156 g/mol. The topological polar surface area (TPSA) is 61.4 Å². The maximum Gasteiger partial charge on any atom is 0.405 e. The molecule has 4 nitrogen and oxygen atoms in total. The zero-order chi connectivity index (χ0) is 8.82. The highest BCUT2D eigenvalue weighted by Gasteiger charge is 2.67. The number of hydrogen-bond acceptors (Lipinski definition) is 2. The lowest BCUT2D eigenvalue weighted by atomic mass is 9.39. The van der Waals surface area contributed by atoms with Crippen molar-refractivity contribution in [2.75, 3.05) is 13.6 Å². The van der Waals surface area contributed by atoms with Gasteiger partial charge < -0.3 is 15.7 Å². The molecule has 2 bridgehead atoms. The van der Waals surface area contributed by atoms with E-state index in [0.29, 0.717) is 5.41 Å². The second-order valence-corrected chi connectivity index (χ2v) is 4.27. The van der Waals surface area contributed by atoms with Gasteiger partial charge in [0.2, 0.25) is 0 Å². The molecule has 1 amide bonds. The fourth-order valence-electron chi connectivity index (χ4n) is 2.92. The number of rotatable bonds is 3. The van der Waals surface area contributed by atoms with Crippen LogP contribution < -0.4 is 10.6 Å². The SMILES string of the molecule is CNCC12CC(NC(=O)O)(C1)C2. The summed E-state index contributed by atoms with van der Waals surface area (Å²) in [5, 5.41) is 14.3. The smallest absolute Gasteiger partial charge is 0.405 e. The lowest BCUT2D eigenvalue weighted by Gasteiger charge is -2.70. The highest BCUT2D eigenvalue weighted by Crippen LogP contribution is 2.66. The molecule has 12 heavy (non-hydrogen) atoms. The Morgan fingerprint density at radius 3 is 2.50 bits per heavy atom. The second kappa shape index (κ2) is 2.13. The second-order valence-electron chi connectivity index (χ2n) is 4.27. The summed E-state index contributed by atoms with van der Waals surface area (Å²) in [6.07, 6.45) is 2.18. The molecule has 0 atom stereocenters. The molecule has 0 heterocycles. The summed E-state index contributed by atoms with van der Waals surface area (Å²) in [6.45, 7) is 1.02. The summed E-state index contributed by atoms with van der Waals surface area (Å²) in [7, 11) is 1.94. The Kier molecular flexibility index (Phi) is 1.39. The van der Waals surface area contributed by atoms with Crippen LogP contribution in [0.3, 0.4) is 0 Å². The third kappa shape index (κ3) is 0.909. The fourth-order valence-corrected chi connectivity index (χ4v) is 2.92. The van der Waals surface area contributed by atoms with Gasteiger partial charge in [-0.3, -0.25) is 0 Å². The van der Waals surface area contributed by atoms with Crippen LogP contribution in [0.25, 0.3) is 0 Å². The quantitative estimate of drug-likeness (QED) is 0.574. The van der Waals surface area contributed by atoms with Gasteiger partial charge in [0.25, 0.3) is 0 Å². The van der Waals surface area contributed by atoms with Gasteiger partial charge in [-0.25, -0.2) is 4.79 Å². The predicted molar refractivity (Wildman–Crippen MR) is 44.1 cm³/mol. The fraction of sp³-hybridized carbons (Fsp3) is 0.875. The van der Waals surface area contributed by atoms with E-state index in [4.69, 9.17) is 5.11 Å². The number of carbonyl (C=O) groups is 1. The van der Waals surface area contributed by atoms with E-state index in [-0.39, 0.29) is 5.54 Å². The Labute approximate surface area is 71.3 Å². The number of hydrogen-bond donors (Lipinski definition) is 3. The Morgan fingerprint density at radius 2 is 2.08 bits per heavy atom. The summed E-state index contributed by atoms with van der Waals surface area (Å²) in [4.78, 5) is 10.4. The minimum atomic E-state index is -0.882. The van der Waals surface area contributed by atoms with Gasteiger partial charge in [0.1, 0.15) is 0 Å². The molecule has 4 heteroatoms. The predicted octanol–water partition coefficient (Wildman–Crippen LogP) is 0.396. The van der Waals surface area contributed by atoms with Gasteiger partial charge in [-0.2, -0.15) is 0 Å². The van der Waals surface area contributed by atoms with Crippen molar-refractivity contribution in [3.8, 4) is 0 Å². The average Bonchev–Trinajstić information content (AvgIpc) is 1.79. The standard InChI is InChI=1S/C8H14N2O2/c1-9-5-7-2-8(3-7,4-7)10-6(11)12/h9-10H,2-5H2,1H3,(H,11,12). The van der Waals surface area contributed by atoms with E-state index in [1.807, 2.05) is 7.05 Å². The Balaban J connectivity index is 1.83. The van der Waals surface area contributed by atoms with Gasteiger partial charge in [0, 0.05) is 12.1 Å². The normalized spacial score (nSPS) is 42.8. The van der Waals surface area contributed by atoms with Crippen LogP contribution in [0.2, 0.25) is 0 Å². The number of amides is 1. The maximum atomic E-state index is 10.4. The zero-order valence-electron chi connectivity index (χ0n) is 7.18. The molecule has 0 aromatic heterocycles. The van der Waals surface area contributed by atoms with E-state index in [1.54, 1.807) is 0 Å². The van der Waals surface area contributed by atoms with Gasteiger partial charge in [0.05, 0.1) is 0 Å². The first-order valence-corrected chi connectivity index (χ1v) is 4.26. The lowest BCUT2D eigenvalue weighted by molar-refractivity contribution is -0.144. The van der Waals surface area contributed by atoms with Gasteiger partial charge in [-0.15, -0.1) is 0 Å². The monoisotopic (exact) mass is 170 g/mol. The summed E-state index contributed by atoms with van der Waals surface area (Å²) < 4.78 is 0. The van der Waals surface area contributed by atoms with Crippen molar-refractivity contribution in [1.29, 1.82) is 0 Å².